The van der Waals surface area contributed by atoms with E-state index in [2.05, 4.69) is 15.7 Å². The number of phenols is 1. The minimum atomic E-state index is -0.342. The summed E-state index contributed by atoms with van der Waals surface area (Å²) in [4.78, 5) is 26.0. The summed E-state index contributed by atoms with van der Waals surface area (Å²) < 4.78 is 6.61. The first kappa shape index (κ1) is 26.3. The van der Waals surface area contributed by atoms with Crippen molar-refractivity contribution in [1.29, 1.82) is 0 Å². The van der Waals surface area contributed by atoms with Crippen LogP contribution in [0.5, 0.6) is 11.5 Å². The SMILES string of the molecule is COc1ccc(CNC(=O)n2nc(-c3cc(NC(=O)c4ccc(Cl)cc4)ccc3O)cc2C2CCCC2)cc1. The van der Waals surface area contributed by atoms with Gasteiger partial charge in [0.2, 0.25) is 0 Å². The number of nitrogens with one attached hydrogen (secondary N) is 2. The second-order valence-electron chi connectivity index (χ2n) is 9.55. The Hall–Kier alpha value is -4.30. The maximum absolute atomic E-state index is 13.3. The molecule has 0 atom stereocenters. The molecule has 8 nitrogen and oxygen atoms in total. The molecule has 1 aromatic heterocycles. The van der Waals surface area contributed by atoms with E-state index in [4.69, 9.17) is 16.3 Å². The second kappa shape index (κ2) is 11.6. The van der Waals surface area contributed by atoms with Crippen LogP contribution in [0, 0.1) is 0 Å². The van der Waals surface area contributed by atoms with Crippen molar-refractivity contribution in [2.24, 2.45) is 0 Å². The van der Waals surface area contributed by atoms with Crippen LogP contribution in [0.4, 0.5) is 10.5 Å². The van der Waals surface area contributed by atoms with E-state index in [-0.39, 0.29) is 23.6 Å². The lowest BCUT2D eigenvalue weighted by Gasteiger charge is -2.12. The molecule has 1 aliphatic rings. The molecule has 39 heavy (non-hydrogen) atoms. The number of aromatic hydroxyl groups is 1. The quantitative estimate of drug-likeness (QED) is 0.228. The Labute approximate surface area is 231 Å². The molecule has 9 heteroatoms. The Bertz CT molecular complexity index is 1480. The molecule has 2 amide bonds. The highest BCUT2D eigenvalue weighted by Crippen LogP contribution is 2.38. The van der Waals surface area contributed by atoms with Gasteiger partial charge in [-0.25, -0.2) is 4.79 Å². The lowest BCUT2D eigenvalue weighted by Crippen LogP contribution is -2.30. The Morgan fingerprint density at radius 1 is 1.03 bits per heavy atom. The fourth-order valence-electron chi connectivity index (χ4n) is 4.82. The van der Waals surface area contributed by atoms with E-state index >= 15 is 0 Å². The maximum Gasteiger partial charge on any atom is 0.342 e. The van der Waals surface area contributed by atoms with Crippen LogP contribution < -0.4 is 15.4 Å². The van der Waals surface area contributed by atoms with Gasteiger partial charge in [0.1, 0.15) is 11.5 Å². The summed E-state index contributed by atoms with van der Waals surface area (Å²) in [5.41, 5.74) is 3.56. The fraction of sp³-hybridized carbons (Fsp3) is 0.233. The molecule has 0 spiro atoms. The largest absolute Gasteiger partial charge is 0.507 e. The van der Waals surface area contributed by atoms with Gasteiger partial charge in [-0.2, -0.15) is 9.78 Å². The van der Waals surface area contributed by atoms with Gasteiger partial charge in [-0.05, 0) is 79.1 Å². The van der Waals surface area contributed by atoms with E-state index in [0.29, 0.717) is 34.1 Å². The molecule has 1 heterocycles. The molecule has 5 rings (SSSR count). The number of carbonyl (C=O) groups is 2. The maximum atomic E-state index is 13.3. The molecule has 0 saturated heterocycles. The summed E-state index contributed by atoms with van der Waals surface area (Å²) >= 11 is 5.93. The molecule has 3 aromatic carbocycles. The first-order valence-electron chi connectivity index (χ1n) is 12.8. The molecule has 4 aromatic rings. The van der Waals surface area contributed by atoms with Gasteiger partial charge in [0, 0.05) is 34.3 Å². The van der Waals surface area contributed by atoms with Crippen LogP contribution in [0.3, 0.4) is 0 Å². The van der Waals surface area contributed by atoms with Crippen molar-refractivity contribution in [3.8, 4) is 22.8 Å². The molecule has 1 fully saturated rings. The minimum absolute atomic E-state index is 0.000699. The summed E-state index contributed by atoms with van der Waals surface area (Å²) in [5, 5.41) is 21.6. The van der Waals surface area contributed by atoms with Crippen LogP contribution >= 0.6 is 11.6 Å². The predicted octanol–water partition coefficient (Wildman–Crippen LogP) is 6.59. The van der Waals surface area contributed by atoms with Crippen molar-refractivity contribution in [3.05, 3.63) is 94.6 Å². The van der Waals surface area contributed by atoms with Crippen molar-refractivity contribution in [3.63, 3.8) is 0 Å². The topological polar surface area (TPSA) is 105 Å². The van der Waals surface area contributed by atoms with Crippen molar-refractivity contribution in [2.45, 2.75) is 38.1 Å². The molecule has 200 valence electrons. The predicted molar refractivity (Wildman–Crippen MR) is 151 cm³/mol. The highest BCUT2D eigenvalue weighted by molar-refractivity contribution is 6.30. The van der Waals surface area contributed by atoms with Gasteiger partial charge >= 0.3 is 6.03 Å². The number of aromatic nitrogens is 2. The lowest BCUT2D eigenvalue weighted by atomic mass is 10.0. The van der Waals surface area contributed by atoms with E-state index in [1.807, 2.05) is 30.3 Å². The van der Waals surface area contributed by atoms with Crippen molar-refractivity contribution < 1.29 is 19.4 Å². The van der Waals surface area contributed by atoms with E-state index in [9.17, 15) is 14.7 Å². The highest BCUT2D eigenvalue weighted by Gasteiger charge is 2.26. The molecule has 1 aliphatic carbocycles. The Morgan fingerprint density at radius 2 is 1.74 bits per heavy atom. The summed E-state index contributed by atoms with van der Waals surface area (Å²) in [6, 6.07) is 20.4. The summed E-state index contributed by atoms with van der Waals surface area (Å²) in [5.74, 6) is 0.642. The summed E-state index contributed by atoms with van der Waals surface area (Å²) in [7, 11) is 1.61. The first-order valence-corrected chi connectivity index (χ1v) is 13.2. The van der Waals surface area contributed by atoms with Gasteiger partial charge in [0.25, 0.3) is 5.91 Å². The summed E-state index contributed by atoms with van der Waals surface area (Å²) in [6.07, 6.45) is 4.13. The monoisotopic (exact) mass is 544 g/mol. The number of rotatable bonds is 7. The number of ether oxygens (including phenoxy) is 1. The molecular weight excluding hydrogens is 516 g/mol. The number of hydrogen-bond acceptors (Lipinski definition) is 5. The number of amides is 2. The third kappa shape index (κ3) is 6.07. The summed E-state index contributed by atoms with van der Waals surface area (Å²) in [6.45, 7) is 0.333. The van der Waals surface area contributed by atoms with Crippen molar-refractivity contribution >= 4 is 29.2 Å². The Kier molecular flexibility index (Phi) is 7.84. The van der Waals surface area contributed by atoms with Crippen LogP contribution in [-0.4, -0.2) is 33.9 Å². The van der Waals surface area contributed by atoms with Crippen LogP contribution in [-0.2, 0) is 6.54 Å². The van der Waals surface area contributed by atoms with Gasteiger partial charge in [0.05, 0.1) is 18.5 Å². The van der Waals surface area contributed by atoms with Gasteiger partial charge in [-0.15, -0.1) is 0 Å². The normalized spacial score (nSPS) is 13.3. The molecule has 0 bridgehead atoms. The molecule has 3 N–H and O–H groups in total. The zero-order chi connectivity index (χ0) is 27.4. The number of benzene rings is 3. The zero-order valence-corrected chi connectivity index (χ0v) is 22.2. The molecule has 1 saturated carbocycles. The van der Waals surface area contributed by atoms with E-state index in [0.717, 1.165) is 42.7 Å². The molecule has 0 unspecified atom stereocenters. The number of phenolic OH excluding ortho intramolecular Hbond substituents is 1. The fourth-order valence-corrected chi connectivity index (χ4v) is 4.95. The van der Waals surface area contributed by atoms with E-state index < -0.39 is 0 Å². The number of nitrogens with zero attached hydrogens (tertiary/aromatic N) is 2. The van der Waals surface area contributed by atoms with Crippen LogP contribution in [0.25, 0.3) is 11.3 Å². The average Bonchev–Trinajstić information content (AvgIpc) is 3.64. The minimum Gasteiger partial charge on any atom is -0.507 e. The highest BCUT2D eigenvalue weighted by atomic mass is 35.5. The van der Waals surface area contributed by atoms with Gasteiger partial charge in [-0.1, -0.05) is 36.6 Å². The average molecular weight is 545 g/mol. The van der Waals surface area contributed by atoms with Crippen LogP contribution in [0.1, 0.15) is 53.2 Å². The molecular formula is C30H29ClN4O4. The smallest absolute Gasteiger partial charge is 0.342 e. The molecule has 0 aliphatic heterocycles. The van der Waals surface area contributed by atoms with Crippen molar-refractivity contribution in [1.82, 2.24) is 15.1 Å². The lowest BCUT2D eigenvalue weighted by molar-refractivity contribution is 0.102. The number of hydrogen-bond donors (Lipinski definition) is 3. The van der Waals surface area contributed by atoms with Crippen LogP contribution in [0.15, 0.2) is 72.8 Å². The number of methoxy groups -OCH3 is 1. The second-order valence-corrected chi connectivity index (χ2v) is 9.98. The Morgan fingerprint density at radius 3 is 2.44 bits per heavy atom. The molecule has 0 radical (unpaired) electrons. The van der Waals surface area contributed by atoms with Crippen LogP contribution in [0.2, 0.25) is 5.02 Å². The number of carbonyl (C=O) groups excluding carboxylic acids is 2. The van der Waals surface area contributed by atoms with Gasteiger partial charge < -0.3 is 20.5 Å². The van der Waals surface area contributed by atoms with E-state index in [1.54, 1.807) is 43.5 Å². The third-order valence-corrected chi connectivity index (χ3v) is 7.19. The van der Waals surface area contributed by atoms with Crippen molar-refractivity contribution in [2.75, 3.05) is 12.4 Å². The number of halogens is 1. The Balaban J connectivity index is 1.40. The van der Waals surface area contributed by atoms with Gasteiger partial charge in [0.15, 0.2) is 0 Å². The van der Waals surface area contributed by atoms with E-state index in [1.165, 1.54) is 10.7 Å². The standard InChI is InChI=1S/C30H29ClN4O4/c1-39-24-13-6-19(7-14-24)18-32-30(38)35-27(20-4-2-3-5-20)17-26(34-35)25-16-23(12-15-28(25)36)33-29(37)21-8-10-22(31)11-9-21/h6-17,20,36H,2-5,18H2,1H3,(H,32,38)(H,33,37). The number of anilines is 1. The zero-order valence-electron chi connectivity index (χ0n) is 21.5. The first-order chi connectivity index (χ1) is 18.9. The third-order valence-electron chi connectivity index (χ3n) is 6.94. The van der Waals surface area contributed by atoms with Gasteiger partial charge in [-0.3, -0.25) is 4.79 Å².